The minimum absolute atomic E-state index is 0.0121. The van der Waals surface area contributed by atoms with E-state index in [1.807, 2.05) is 18.2 Å². The van der Waals surface area contributed by atoms with Crippen LogP contribution in [0.15, 0.2) is 24.3 Å². The molecule has 0 heterocycles. The van der Waals surface area contributed by atoms with Crippen molar-refractivity contribution in [3.05, 3.63) is 35.4 Å². The zero-order chi connectivity index (χ0) is 11.8. The maximum Gasteiger partial charge on any atom is 0.249 e. The summed E-state index contributed by atoms with van der Waals surface area (Å²) in [5.41, 5.74) is 7.51. The predicted octanol–water partition coefficient (Wildman–Crippen LogP) is 2.87. The molecule has 0 saturated heterocycles. The Labute approximate surface area is 94.7 Å². The Morgan fingerprint density at radius 1 is 1.31 bits per heavy atom. The van der Waals surface area contributed by atoms with Crippen LogP contribution >= 0.6 is 0 Å². The number of alkyl halides is 2. The lowest BCUT2D eigenvalue weighted by atomic mass is 9.89. The van der Waals surface area contributed by atoms with Gasteiger partial charge in [-0.3, -0.25) is 0 Å². The second-order valence-corrected chi connectivity index (χ2v) is 4.89. The van der Waals surface area contributed by atoms with Gasteiger partial charge in [0, 0.05) is 18.4 Å². The Bertz CT molecular complexity index is 378. The van der Waals surface area contributed by atoms with E-state index in [-0.39, 0.29) is 11.8 Å². The van der Waals surface area contributed by atoms with E-state index in [2.05, 4.69) is 0 Å². The SMILES string of the molecule is CC(F)(F)Cc1ccccc1C1(CN)CC1. The first-order chi connectivity index (χ1) is 7.47. The highest BCUT2D eigenvalue weighted by Gasteiger charge is 2.44. The van der Waals surface area contributed by atoms with E-state index in [1.165, 1.54) is 0 Å². The van der Waals surface area contributed by atoms with Crippen molar-refractivity contribution in [1.82, 2.24) is 0 Å². The van der Waals surface area contributed by atoms with Gasteiger partial charge in [-0.1, -0.05) is 24.3 Å². The summed E-state index contributed by atoms with van der Waals surface area (Å²) in [6.45, 7) is 1.52. The normalized spacial score (nSPS) is 18.5. The highest BCUT2D eigenvalue weighted by Crippen LogP contribution is 2.48. The second-order valence-electron chi connectivity index (χ2n) is 4.89. The molecule has 1 aliphatic carbocycles. The van der Waals surface area contributed by atoms with Crippen molar-refractivity contribution >= 4 is 0 Å². The van der Waals surface area contributed by atoms with Crippen molar-refractivity contribution in [3.8, 4) is 0 Å². The summed E-state index contributed by atoms with van der Waals surface area (Å²) >= 11 is 0. The van der Waals surface area contributed by atoms with E-state index >= 15 is 0 Å². The van der Waals surface area contributed by atoms with Crippen molar-refractivity contribution in [2.24, 2.45) is 5.73 Å². The Hall–Kier alpha value is -0.960. The van der Waals surface area contributed by atoms with Gasteiger partial charge in [0.2, 0.25) is 5.92 Å². The van der Waals surface area contributed by atoms with Crippen molar-refractivity contribution in [1.29, 1.82) is 0 Å². The molecule has 1 aromatic carbocycles. The molecule has 16 heavy (non-hydrogen) atoms. The molecule has 1 aromatic rings. The molecular weight excluding hydrogens is 208 g/mol. The van der Waals surface area contributed by atoms with Gasteiger partial charge in [-0.2, -0.15) is 0 Å². The molecule has 0 bridgehead atoms. The summed E-state index contributed by atoms with van der Waals surface area (Å²) in [5, 5.41) is 0. The van der Waals surface area contributed by atoms with E-state index in [0.29, 0.717) is 6.54 Å². The third-order valence-electron chi connectivity index (χ3n) is 3.33. The van der Waals surface area contributed by atoms with Crippen molar-refractivity contribution in [2.45, 2.75) is 37.5 Å². The van der Waals surface area contributed by atoms with E-state index in [0.717, 1.165) is 30.9 Å². The van der Waals surface area contributed by atoms with Gasteiger partial charge in [-0.15, -0.1) is 0 Å². The standard InChI is InChI=1S/C13H17F2N/c1-12(14,15)8-10-4-2-3-5-11(10)13(9-16)6-7-13/h2-5H,6-9,16H2,1H3. The number of hydrogen-bond donors (Lipinski definition) is 1. The number of rotatable bonds is 4. The van der Waals surface area contributed by atoms with Gasteiger partial charge in [0.05, 0.1) is 0 Å². The Kier molecular flexibility index (Phi) is 2.74. The lowest BCUT2D eigenvalue weighted by Crippen LogP contribution is -2.23. The predicted molar refractivity (Wildman–Crippen MR) is 60.7 cm³/mol. The Morgan fingerprint density at radius 3 is 2.44 bits per heavy atom. The van der Waals surface area contributed by atoms with Crippen molar-refractivity contribution < 1.29 is 8.78 Å². The molecule has 2 N–H and O–H groups in total. The van der Waals surface area contributed by atoms with Crippen LogP contribution in [-0.4, -0.2) is 12.5 Å². The van der Waals surface area contributed by atoms with E-state index in [1.54, 1.807) is 6.07 Å². The Morgan fingerprint density at radius 2 is 1.94 bits per heavy atom. The van der Waals surface area contributed by atoms with Crippen LogP contribution in [0.5, 0.6) is 0 Å². The quantitative estimate of drug-likeness (QED) is 0.837. The molecule has 0 amide bonds. The van der Waals surface area contributed by atoms with Crippen LogP contribution in [0, 0.1) is 0 Å². The highest BCUT2D eigenvalue weighted by atomic mass is 19.3. The van der Waals surface area contributed by atoms with Crippen LogP contribution in [0.4, 0.5) is 8.78 Å². The van der Waals surface area contributed by atoms with Gasteiger partial charge in [-0.25, -0.2) is 8.78 Å². The largest absolute Gasteiger partial charge is 0.330 e. The van der Waals surface area contributed by atoms with Gasteiger partial charge in [0.1, 0.15) is 0 Å². The third kappa shape index (κ3) is 2.24. The van der Waals surface area contributed by atoms with Crippen LogP contribution in [0.2, 0.25) is 0 Å². The van der Waals surface area contributed by atoms with Crippen molar-refractivity contribution in [2.75, 3.05) is 6.54 Å². The summed E-state index contributed by atoms with van der Waals surface area (Å²) < 4.78 is 26.1. The van der Waals surface area contributed by atoms with Gasteiger partial charge in [-0.05, 0) is 30.9 Å². The molecule has 1 fully saturated rings. The van der Waals surface area contributed by atoms with Gasteiger partial charge in [0.15, 0.2) is 0 Å². The van der Waals surface area contributed by atoms with Crippen molar-refractivity contribution in [3.63, 3.8) is 0 Å². The molecule has 1 saturated carbocycles. The molecular formula is C13H17F2N. The zero-order valence-corrected chi connectivity index (χ0v) is 9.47. The smallest absolute Gasteiger partial charge is 0.249 e. The fourth-order valence-electron chi connectivity index (χ4n) is 2.26. The lowest BCUT2D eigenvalue weighted by Gasteiger charge is -2.19. The summed E-state index contributed by atoms with van der Waals surface area (Å²) in [7, 11) is 0. The van der Waals surface area contributed by atoms with Crippen LogP contribution in [0.1, 0.15) is 30.9 Å². The first kappa shape index (κ1) is 11.5. The average Bonchev–Trinajstić information content (AvgIpc) is 2.97. The fraction of sp³-hybridized carbons (Fsp3) is 0.538. The topological polar surface area (TPSA) is 26.0 Å². The molecule has 0 radical (unpaired) electrons. The van der Waals surface area contributed by atoms with E-state index < -0.39 is 5.92 Å². The van der Waals surface area contributed by atoms with Crippen LogP contribution < -0.4 is 5.73 Å². The van der Waals surface area contributed by atoms with Gasteiger partial charge >= 0.3 is 0 Å². The monoisotopic (exact) mass is 225 g/mol. The molecule has 88 valence electrons. The summed E-state index contributed by atoms with van der Waals surface area (Å²) in [4.78, 5) is 0. The van der Waals surface area contributed by atoms with E-state index in [4.69, 9.17) is 5.73 Å². The van der Waals surface area contributed by atoms with Crippen LogP contribution in [0.25, 0.3) is 0 Å². The number of hydrogen-bond acceptors (Lipinski definition) is 1. The molecule has 3 heteroatoms. The molecule has 1 aliphatic rings. The minimum Gasteiger partial charge on any atom is -0.330 e. The molecule has 0 atom stereocenters. The van der Waals surface area contributed by atoms with Crippen LogP contribution in [0.3, 0.4) is 0 Å². The van der Waals surface area contributed by atoms with E-state index in [9.17, 15) is 8.78 Å². The third-order valence-corrected chi connectivity index (χ3v) is 3.33. The Balaban J connectivity index is 2.32. The highest BCUT2D eigenvalue weighted by molar-refractivity contribution is 5.39. The second kappa shape index (κ2) is 3.81. The zero-order valence-electron chi connectivity index (χ0n) is 9.47. The number of halogens is 2. The molecule has 0 unspecified atom stereocenters. The molecule has 0 spiro atoms. The summed E-state index contributed by atoms with van der Waals surface area (Å²) in [6, 6.07) is 7.46. The molecule has 1 nitrogen and oxygen atoms in total. The summed E-state index contributed by atoms with van der Waals surface area (Å²) in [6.07, 6.45) is 1.86. The van der Waals surface area contributed by atoms with Gasteiger partial charge < -0.3 is 5.73 Å². The molecule has 2 rings (SSSR count). The fourth-order valence-corrected chi connectivity index (χ4v) is 2.26. The maximum atomic E-state index is 13.1. The first-order valence-corrected chi connectivity index (χ1v) is 5.63. The average molecular weight is 225 g/mol. The number of benzene rings is 1. The number of nitrogens with two attached hydrogens (primary N) is 1. The summed E-state index contributed by atoms with van der Waals surface area (Å²) in [5.74, 6) is -2.65. The van der Waals surface area contributed by atoms with Gasteiger partial charge in [0.25, 0.3) is 0 Å². The lowest BCUT2D eigenvalue weighted by molar-refractivity contribution is 0.0223. The maximum absolute atomic E-state index is 13.1. The minimum atomic E-state index is -2.65. The first-order valence-electron chi connectivity index (χ1n) is 5.63. The van der Waals surface area contributed by atoms with Crippen LogP contribution in [-0.2, 0) is 11.8 Å². The molecule has 0 aromatic heterocycles. The molecule has 0 aliphatic heterocycles.